The van der Waals surface area contributed by atoms with Gasteiger partial charge in [-0.2, -0.15) is 0 Å². The number of piperidine rings is 1. The van der Waals surface area contributed by atoms with Gasteiger partial charge in [-0.25, -0.2) is 13.1 Å². The van der Waals surface area contributed by atoms with Crippen molar-refractivity contribution in [1.82, 2.24) is 9.62 Å². The molecule has 0 spiro atoms. The van der Waals surface area contributed by atoms with E-state index < -0.39 is 10.0 Å². The predicted molar refractivity (Wildman–Crippen MR) is 84.6 cm³/mol. The van der Waals surface area contributed by atoms with Gasteiger partial charge in [0.05, 0.1) is 5.02 Å². The highest BCUT2D eigenvalue weighted by molar-refractivity contribution is 9.10. The highest BCUT2D eigenvalue weighted by atomic mass is 79.9. The van der Waals surface area contributed by atoms with Crippen LogP contribution in [-0.4, -0.2) is 39.0 Å². The SMILES string of the molecule is CC1CC(NS(=O)(=O)c2ccc(Br)cc2Cl)CCN1C. The number of hydrogen-bond acceptors (Lipinski definition) is 3. The summed E-state index contributed by atoms with van der Waals surface area (Å²) in [6, 6.07) is 5.13. The van der Waals surface area contributed by atoms with Crippen LogP contribution in [0.1, 0.15) is 19.8 Å². The van der Waals surface area contributed by atoms with Gasteiger partial charge in [0, 0.05) is 16.6 Å². The Morgan fingerprint density at radius 1 is 1.45 bits per heavy atom. The molecule has 1 saturated heterocycles. The van der Waals surface area contributed by atoms with Crippen LogP contribution >= 0.6 is 27.5 Å². The van der Waals surface area contributed by atoms with E-state index in [0.29, 0.717) is 6.04 Å². The molecule has 0 radical (unpaired) electrons. The monoisotopic (exact) mass is 380 g/mol. The zero-order valence-corrected chi connectivity index (χ0v) is 14.6. The minimum atomic E-state index is -3.57. The average molecular weight is 382 g/mol. The number of nitrogens with one attached hydrogen (secondary N) is 1. The molecule has 20 heavy (non-hydrogen) atoms. The Labute approximate surface area is 133 Å². The van der Waals surface area contributed by atoms with E-state index >= 15 is 0 Å². The first-order chi connectivity index (χ1) is 9.29. The maximum Gasteiger partial charge on any atom is 0.242 e. The Balaban J connectivity index is 2.15. The summed E-state index contributed by atoms with van der Waals surface area (Å²) in [6.07, 6.45) is 1.62. The molecule has 2 atom stereocenters. The quantitative estimate of drug-likeness (QED) is 0.876. The van der Waals surface area contributed by atoms with Crippen LogP contribution in [0.2, 0.25) is 5.02 Å². The van der Waals surface area contributed by atoms with Crippen LogP contribution in [0.5, 0.6) is 0 Å². The number of rotatable bonds is 3. The first-order valence-electron chi connectivity index (χ1n) is 6.47. The van der Waals surface area contributed by atoms with Gasteiger partial charge in [0.2, 0.25) is 10.0 Å². The van der Waals surface area contributed by atoms with E-state index in [2.05, 4.69) is 39.5 Å². The van der Waals surface area contributed by atoms with Gasteiger partial charge < -0.3 is 4.90 Å². The highest BCUT2D eigenvalue weighted by Crippen LogP contribution is 2.26. The molecule has 0 aliphatic carbocycles. The second-order valence-electron chi connectivity index (χ2n) is 5.25. The second kappa shape index (κ2) is 6.32. The Morgan fingerprint density at radius 2 is 2.15 bits per heavy atom. The molecule has 7 heteroatoms. The number of hydrogen-bond donors (Lipinski definition) is 1. The topological polar surface area (TPSA) is 49.4 Å². The van der Waals surface area contributed by atoms with Gasteiger partial charge >= 0.3 is 0 Å². The van der Waals surface area contributed by atoms with Crippen molar-refractivity contribution in [2.45, 2.75) is 36.7 Å². The van der Waals surface area contributed by atoms with E-state index in [1.54, 1.807) is 12.1 Å². The fourth-order valence-corrected chi connectivity index (χ4v) is 4.69. The van der Waals surface area contributed by atoms with Crippen LogP contribution in [0.4, 0.5) is 0 Å². The molecular formula is C13H18BrClN2O2S. The largest absolute Gasteiger partial charge is 0.304 e. The molecule has 0 saturated carbocycles. The molecule has 1 heterocycles. The molecule has 1 aromatic carbocycles. The van der Waals surface area contributed by atoms with Gasteiger partial charge in [-0.05, 0) is 51.6 Å². The minimum Gasteiger partial charge on any atom is -0.304 e. The van der Waals surface area contributed by atoms with Crippen molar-refractivity contribution in [3.63, 3.8) is 0 Å². The Bertz CT molecular complexity index is 594. The zero-order chi connectivity index (χ0) is 14.9. The summed E-state index contributed by atoms with van der Waals surface area (Å²) in [5.74, 6) is 0. The van der Waals surface area contributed by atoms with E-state index in [9.17, 15) is 8.42 Å². The zero-order valence-electron chi connectivity index (χ0n) is 11.4. The summed E-state index contributed by atoms with van der Waals surface area (Å²) in [5.41, 5.74) is 0. The second-order valence-corrected chi connectivity index (χ2v) is 8.25. The first-order valence-corrected chi connectivity index (χ1v) is 9.12. The number of halogens is 2. The van der Waals surface area contributed by atoms with Crippen LogP contribution in [0.15, 0.2) is 27.6 Å². The van der Waals surface area contributed by atoms with E-state index in [1.807, 2.05) is 0 Å². The Hall–Kier alpha value is -0.140. The van der Waals surface area contributed by atoms with Crippen molar-refractivity contribution in [2.24, 2.45) is 0 Å². The minimum absolute atomic E-state index is 0.0362. The summed E-state index contributed by atoms with van der Waals surface area (Å²) in [7, 11) is -1.51. The molecule has 4 nitrogen and oxygen atoms in total. The molecule has 1 aromatic rings. The lowest BCUT2D eigenvalue weighted by Gasteiger charge is -2.35. The molecular weight excluding hydrogens is 364 g/mol. The molecule has 2 rings (SSSR count). The molecule has 1 N–H and O–H groups in total. The summed E-state index contributed by atoms with van der Waals surface area (Å²) in [5, 5.41) is 0.229. The maximum atomic E-state index is 12.4. The number of benzene rings is 1. The van der Waals surface area contributed by atoms with Gasteiger partial charge in [0.1, 0.15) is 4.90 Å². The van der Waals surface area contributed by atoms with Gasteiger partial charge in [0.15, 0.2) is 0 Å². The lowest BCUT2D eigenvalue weighted by atomic mass is 10.0. The lowest BCUT2D eigenvalue weighted by molar-refractivity contribution is 0.178. The van der Waals surface area contributed by atoms with Crippen molar-refractivity contribution in [1.29, 1.82) is 0 Å². The van der Waals surface area contributed by atoms with Crippen molar-refractivity contribution in [3.8, 4) is 0 Å². The maximum absolute atomic E-state index is 12.4. The van der Waals surface area contributed by atoms with E-state index in [4.69, 9.17) is 11.6 Å². The van der Waals surface area contributed by atoms with E-state index in [-0.39, 0.29) is 16.0 Å². The molecule has 1 aliphatic rings. The Kier molecular flexibility index (Phi) is 5.13. The molecule has 1 fully saturated rings. The first kappa shape index (κ1) is 16.2. The van der Waals surface area contributed by atoms with Crippen molar-refractivity contribution in [3.05, 3.63) is 27.7 Å². The van der Waals surface area contributed by atoms with Gasteiger partial charge in [-0.1, -0.05) is 27.5 Å². The molecule has 0 amide bonds. The highest BCUT2D eigenvalue weighted by Gasteiger charge is 2.28. The average Bonchev–Trinajstić information content (AvgIpc) is 2.33. The third kappa shape index (κ3) is 3.74. The molecule has 112 valence electrons. The van der Waals surface area contributed by atoms with E-state index in [1.165, 1.54) is 6.07 Å². The van der Waals surface area contributed by atoms with Crippen LogP contribution < -0.4 is 4.72 Å². The van der Waals surface area contributed by atoms with Gasteiger partial charge in [-0.15, -0.1) is 0 Å². The Morgan fingerprint density at radius 3 is 2.75 bits per heavy atom. The molecule has 0 aromatic heterocycles. The molecule has 2 unspecified atom stereocenters. The molecule has 1 aliphatic heterocycles. The third-order valence-corrected chi connectivity index (χ3v) is 6.21. The van der Waals surface area contributed by atoms with Crippen molar-refractivity contribution in [2.75, 3.05) is 13.6 Å². The van der Waals surface area contributed by atoms with E-state index in [0.717, 1.165) is 23.9 Å². The summed E-state index contributed by atoms with van der Waals surface area (Å²) >= 11 is 9.30. The fraction of sp³-hybridized carbons (Fsp3) is 0.538. The predicted octanol–water partition coefficient (Wildman–Crippen LogP) is 2.86. The number of nitrogens with zero attached hydrogens (tertiary/aromatic N) is 1. The summed E-state index contributed by atoms with van der Waals surface area (Å²) in [6.45, 7) is 3.00. The van der Waals surface area contributed by atoms with Crippen LogP contribution in [0.3, 0.4) is 0 Å². The van der Waals surface area contributed by atoms with Crippen LogP contribution in [-0.2, 0) is 10.0 Å². The third-order valence-electron chi connectivity index (χ3n) is 3.71. The standard InChI is InChI=1S/C13H18BrClN2O2S/c1-9-7-11(5-6-17(9)2)16-20(18,19)13-4-3-10(14)8-12(13)15/h3-4,8-9,11,16H,5-7H2,1-2H3. The fourth-order valence-electron chi connectivity index (χ4n) is 2.37. The van der Waals surface area contributed by atoms with Crippen molar-refractivity contribution >= 4 is 37.6 Å². The van der Waals surface area contributed by atoms with Crippen LogP contribution in [0.25, 0.3) is 0 Å². The van der Waals surface area contributed by atoms with Crippen molar-refractivity contribution < 1.29 is 8.42 Å². The number of sulfonamides is 1. The lowest BCUT2D eigenvalue weighted by Crippen LogP contribution is -2.47. The smallest absolute Gasteiger partial charge is 0.242 e. The summed E-state index contributed by atoms with van der Waals surface area (Å²) in [4.78, 5) is 2.37. The summed E-state index contributed by atoms with van der Waals surface area (Å²) < 4.78 is 28.3. The number of likely N-dealkylation sites (tertiary alicyclic amines) is 1. The van der Waals surface area contributed by atoms with Gasteiger partial charge in [0.25, 0.3) is 0 Å². The van der Waals surface area contributed by atoms with Gasteiger partial charge in [-0.3, -0.25) is 0 Å². The normalized spacial score (nSPS) is 24.8. The molecule has 0 bridgehead atoms. The van der Waals surface area contributed by atoms with Crippen LogP contribution in [0, 0.1) is 0 Å².